The Balaban J connectivity index is 1.62. The average Bonchev–Trinajstić information content (AvgIpc) is 3.11. The first kappa shape index (κ1) is 22.3. The van der Waals surface area contributed by atoms with Gasteiger partial charge >= 0.3 is 0 Å². The molecule has 2 aromatic rings. The fourth-order valence-electron chi connectivity index (χ4n) is 3.39. The summed E-state index contributed by atoms with van der Waals surface area (Å²) >= 11 is 1.87. The molecule has 1 aliphatic rings. The van der Waals surface area contributed by atoms with Crippen LogP contribution in [0.25, 0.3) is 0 Å². The smallest absolute Gasteiger partial charge is 0.194 e. The Morgan fingerprint density at radius 1 is 1.17 bits per heavy atom. The van der Waals surface area contributed by atoms with E-state index >= 15 is 0 Å². The zero-order valence-electron chi connectivity index (χ0n) is 18.5. The van der Waals surface area contributed by atoms with E-state index in [4.69, 9.17) is 9.73 Å². The number of nitrogens with one attached hydrogen (secondary N) is 1. The molecule has 1 saturated heterocycles. The maximum absolute atomic E-state index is 5.27. The monoisotopic (exact) mass is 431 g/mol. The number of hydrogen-bond acceptors (Lipinski definition) is 6. The molecule has 1 aromatic heterocycles. The second-order valence-corrected chi connectivity index (χ2v) is 8.29. The Hall–Kier alpha value is -2.42. The lowest BCUT2D eigenvalue weighted by Gasteiger charge is -2.37. The van der Waals surface area contributed by atoms with Crippen molar-refractivity contribution in [1.29, 1.82) is 0 Å². The Morgan fingerprint density at radius 3 is 2.50 bits per heavy atom. The maximum Gasteiger partial charge on any atom is 0.194 e. The number of aromatic nitrogens is 3. The molecule has 30 heavy (non-hydrogen) atoms. The van der Waals surface area contributed by atoms with Crippen molar-refractivity contribution in [3.05, 3.63) is 35.9 Å². The molecule has 9 heteroatoms. The zero-order valence-corrected chi connectivity index (χ0v) is 19.3. The molecule has 0 atom stereocenters. The highest BCUT2D eigenvalue weighted by molar-refractivity contribution is 7.98. The molecule has 1 fully saturated rings. The van der Waals surface area contributed by atoms with Crippen molar-refractivity contribution in [2.24, 2.45) is 12.0 Å². The van der Waals surface area contributed by atoms with Crippen molar-refractivity contribution < 1.29 is 4.74 Å². The van der Waals surface area contributed by atoms with Gasteiger partial charge in [0.25, 0.3) is 0 Å². The zero-order chi connectivity index (χ0) is 21.3. The molecular formula is C21H33N7OS. The highest BCUT2D eigenvalue weighted by atomic mass is 32.2. The summed E-state index contributed by atoms with van der Waals surface area (Å²) in [7, 11) is 3.68. The lowest BCUT2D eigenvalue weighted by atomic mass is 10.2. The number of ether oxygens (including phenoxy) is 1. The summed E-state index contributed by atoms with van der Waals surface area (Å²) in [6.07, 6.45) is 3.26. The van der Waals surface area contributed by atoms with Gasteiger partial charge in [0.05, 0.1) is 7.11 Å². The van der Waals surface area contributed by atoms with Crippen LogP contribution in [0.15, 0.2) is 29.3 Å². The molecule has 3 rings (SSSR count). The Labute approximate surface area is 183 Å². The number of methoxy groups -OCH3 is 1. The third-order valence-electron chi connectivity index (χ3n) is 5.38. The van der Waals surface area contributed by atoms with Crippen LogP contribution in [0.4, 0.5) is 5.69 Å². The van der Waals surface area contributed by atoms with Crippen LogP contribution in [0.1, 0.15) is 18.1 Å². The molecule has 1 aromatic carbocycles. The lowest BCUT2D eigenvalue weighted by Crippen LogP contribution is -2.52. The first-order valence-corrected chi connectivity index (χ1v) is 11.8. The number of nitrogens with zero attached hydrogens (tertiary/aromatic N) is 6. The van der Waals surface area contributed by atoms with E-state index < -0.39 is 0 Å². The van der Waals surface area contributed by atoms with Gasteiger partial charge in [-0.15, -0.1) is 10.2 Å². The third kappa shape index (κ3) is 5.81. The molecule has 0 unspecified atom stereocenters. The van der Waals surface area contributed by atoms with Gasteiger partial charge in [-0.3, -0.25) is 0 Å². The molecule has 8 nitrogen and oxygen atoms in total. The highest BCUT2D eigenvalue weighted by Crippen LogP contribution is 2.20. The van der Waals surface area contributed by atoms with E-state index in [1.807, 2.05) is 42.4 Å². The minimum Gasteiger partial charge on any atom is -0.497 e. The van der Waals surface area contributed by atoms with Crippen LogP contribution in [0.2, 0.25) is 0 Å². The van der Waals surface area contributed by atoms with Crippen LogP contribution in [0.3, 0.4) is 0 Å². The topological polar surface area (TPSA) is 70.8 Å². The predicted molar refractivity (Wildman–Crippen MR) is 125 cm³/mol. The summed E-state index contributed by atoms with van der Waals surface area (Å²) in [6, 6.07) is 8.29. The second-order valence-electron chi connectivity index (χ2n) is 7.31. The molecule has 1 N–H and O–H groups in total. The summed E-state index contributed by atoms with van der Waals surface area (Å²) in [4.78, 5) is 9.64. The fourth-order valence-corrected chi connectivity index (χ4v) is 3.82. The van der Waals surface area contributed by atoms with Gasteiger partial charge < -0.3 is 24.4 Å². The van der Waals surface area contributed by atoms with Gasteiger partial charge in [-0.05, 0) is 49.6 Å². The van der Waals surface area contributed by atoms with Gasteiger partial charge in [0, 0.05) is 45.5 Å². The number of aryl methyl sites for hydroxylation is 1. The molecule has 0 amide bonds. The number of aliphatic imine (C=N–C) groups is 1. The minimum absolute atomic E-state index is 0.529. The Morgan fingerprint density at radius 2 is 1.90 bits per heavy atom. The van der Waals surface area contributed by atoms with Crippen LogP contribution in [0.5, 0.6) is 5.75 Å². The van der Waals surface area contributed by atoms with E-state index in [1.165, 1.54) is 5.69 Å². The predicted octanol–water partition coefficient (Wildman–Crippen LogP) is 2.15. The molecule has 0 saturated carbocycles. The van der Waals surface area contributed by atoms with E-state index in [9.17, 15) is 0 Å². The second kappa shape index (κ2) is 11.1. The summed E-state index contributed by atoms with van der Waals surface area (Å²) in [6.45, 7) is 7.19. The molecular weight excluding hydrogens is 398 g/mol. The first-order valence-electron chi connectivity index (χ1n) is 10.4. The van der Waals surface area contributed by atoms with Crippen molar-refractivity contribution in [3.8, 4) is 5.75 Å². The molecule has 0 radical (unpaired) electrons. The summed E-state index contributed by atoms with van der Waals surface area (Å²) in [5.74, 6) is 4.79. The van der Waals surface area contributed by atoms with Crippen LogP contribution < -0.4 is 15.0 Å². The number of hydrogen-bond donors (Lipinski definition) is 1. The van der Waals surface area contributed by atoms with Crippen LogP contribution in [-0.4, -0.2) is 77.5 Å². The average molecular weight is 432 g/mol. The van der Waals surface area contributed by atoms with Gasteiger partial charge in [-0.2, -0.15) is 11.8 Å². The number of anilines is 1. The quantitative estimate of drug-likeness (QED) is 0.390. The van der Waals surface area contributed by atoms with Gasteiger partial charge in [-0.1, -0.05) is 0 Å². The summed E-state index contributed by atoms with van der Waals surface area (Å²) in [5, 5.41) is 11.9. The third-order valence-corrected chi connectivity index (χ3v) is 6.08. The van der Waals surface area contributed by atoms with Crippen molar-refractivity contribution in [2.75, 3.05) is 56.7 Å². The van der Waals surface area contributed by atoms with E-state index in [0.29, 0.717) is 6.54 Å². The first-order chi connectivity index (χ1) is 14.6. The van der Waals surface area contributed by atoms with Gasteiger partial charge in [0.15, 0.2) is 11.8 Å². The largest absolute Gasteiger partial charge is 0.497 e. The number of thioether (sulfide) groups is 1. The van der Waals surface area contributed by atoms with E-state index in [2.05, 4.69) is 43.7 Å². The van der Waals surface area contributed by atoms with Crippen molar-refractivity contribution >= 4 is 23.4 Å². The lowest BCUT2D eigenvalue weighted by molar-refractivity contribution is 0.371. The number of piperazine rings is 1. The molecule has 0 spiro atoms. The fraction of sp³-hybridized carbons (Fsp3) is 0.571. The highest BCUT2D eigenvalue weighted by Gasteiger charge is 2.20. The van der Waals surface area contributed by atoms with Crippen molar-refractivity contribution in [3.63, 3.8) is 0 Å². The number of benzene rings is 1. The molecule has 2 heterocycles. The van der Waals surface area contributed by atoms with Gasteiger partial charge in [0.2, 0.25) is 0 Å². The van der Waals surface area contributed by atoms with E-state index in [-0.39, 0.29) is 0 Å². The number of guanidine groups is 1. The minimum atomic E-state index is 0.529. The van der Waals surface area contributed by atoms with E-state index in [1.54, 1.807) is 7.11 Å². The van der Waals surface area contributed by atoms with Crippen molar-refractivity contribution in [2.45, 2.75) is 19.9 Å². The summed E-state index contributed by atoms with van der Waals surface area (Å²) < 4.78 is 7.27. The molecule has 1 aliphatic heterocycles. The Bertz CT molecular complexity index is 813. The van der Waals surface area contributed by atoms with Gasteiger partial charge in [-0.25, -0.2) is 4.99 Å². The van der Waals surface area contributed by atoms with Crippen molar-refractivity contribution in [1.82, 2.24) is 25.0 Å². The number of rotatable bonds is 8. The van der Waals surface area contributed by atoms with Crippen LogP contribution in [0, 0.1) is 6.92 Å². The molecule has 0 bridgehead atoms. The molecule has 0 aliphatic carbocycles. The molecule has 164 valence electrons. The standard InChI is InChI=1S/C21H33N7OS/c1-17-24-25-20(26(17)2)16-23-21(22-10-5-15-30-4)28-13-11-27(12-14-28)18-6-8-19(29-3)9-7-18/h6-9H,5,10-16H2,1-4H3,(H,22,23). The van der Waals surface area contributed by atoms with Gasteiger partial charge in [0.1, 0.15) is 18.1 Å². The van der Waals surface area contributed by atoms with E-state index in [0.717, 1.165) is 68.3 Å². The Kier molecular flexibility index (Phi) is 8.24. The normalized spacial score (nSPS) is 14.9. The maximum atomic E-state index is 5.27. The summed E-state index contributed by atoms with van der Waals surface area (Å²) in [5.41, 5.74) is 1.23. The van der Waals surface area contributed by atoms with Crippen LogP contribution >= 0.6 is 11.8 Å². The SMILES string of the molecule is COc1ccc(N2CCN(C(=NCc3nnc(C)n3C)NCCCSC)CC2)cc1. The van der Waals surface area contributed by atoms with Crippen LogP contribution in [-0.2, 0) is 13.6 Å².